The standard InChI is InChI=1S/C11H13NO4.C10H11NO4/c1-7(2)10(11(13)14)8-3-5-9(6-4-8)12(15)16;1-2-9(10(12)13)7-3-5-8(6-4-7)11(14)15/h3-7,10H,1-2H3,(H,13,14);3-6,9H,2H2,1H3,(H,12,13). The van der Waals surface area contributed by atoms with Crippen LogP contribution in [0, 0.1) is 26.1 Å². The first kappa shape index (κ1) is 25.2. The highest BCUT2D eigenvalue weighted by Crippen LogP contribution is 2.26. The van der Waals surface area contributed by atoms with E-state index >= 15 is 0 Å². The van der Waals surface area contributed by atoms with Gasteiger partial charge in [-0.05, 0) is 23.5 Å². The zero-order valence-electron chi connectivity index (χ0n) is 17.3. The van der Waals surface area contributed by atoms with Crippen LogP contribution in [0.4, 0.5) is 11.4 Å². The predicted molar refractivity (Wildman–Crippen MR) is 112 cm³/mol. The van der Waals surface area contributed by atoms with Crippen LogP contribution >= 0.6 is 0 Å². The molecule has 2 N–H and O–H groups in total. The average Bonchev–Trinajstić information content (AvgIpc) is 2.69. The van der Waals surface area contributed by atoms with E-state index in [0.717, 1.165) is 0 Å². The molecule has 0 spiro atoms. The quantitative estimate of drug-likeness (QED) is 0.452. The Morgan fingerprint density at radius 3 is 1.45 bits per heavy atom. The first-order chi connectivity index (χ1) is 14.5. The number of hydrogen-bond acceptors (Lipinski definition) is 6. The molecule has 0 aliphatic carbocycles. The first-order valence-corrected chi connectivity index (χ1v) is 9.43. The van der Waals surface area contributed by atoms with Crippen molar-refractivity contribution >= 4 is 23.3 Å². The molecule has 0 saturated carbocycles. The van der Waals surface area contributed by atoms with E-state index in [4.69, 9.17) is 10.2 Å². The molecule has 0 amide bonds. The zero-order chi connectivity index (χ0) is 23.7. The van der Waals surface area contributed by atoms with Gasteiger partial charge < -0.3 is 10.2 Å². The van der Waals surface area contributed by atoms with Gasteiger partial charge in [-0.25, -0.2) is 0 Å². The van der Waals surface area contributed by atoms with Crippen LogP contribution in [0.5, 0.6) is 0 Å². The largest absolute Gasteiger partial charge is 0.481 e. The van der Waals surface area contributed by atoms with Gasteiger partial charge in [-0.1, -0.05) is 45.0 Å². The molecular formula is C21H24N2O8. The molecule has 0 aromatic heterocycles. The summed E-state index contributed by atoms with van der Waals surface area (Å²) in [5, 5.41) is 38.7. The summed E-state index contributed by atoms with van der Waals surface area (Å²) in [5.41, 5.74) is 1.12. The summed E-state index contributed by atoms with van der Waals surface area (Å²) in [6.07, 6.45) is 0.465. The summed E-state index contributed by atoms with van der Waals surface area (Å²) < 4.78 is 0. The lowest BCUT2D eigenvalue weighted by Crippen LogP contribution is -2.17. The molecule has 0 saturated heterocycles. The van der Waals surface area contributed by atoms with E-state index in [2.05, 4.69) is 0 Å². The molecule has 10 heteroatoms. The number of nitro groups is 2. The van der Waals surface area contributed by atoms with Crippen LogP contribution in [0.15, 0.2) is 48.5 Å². The van der Waals surface area contributed by atoms with Gasteiger partial charge >= 0.3 is 11.9 Å². The number of nitrogens with zero attached hydrogens (tertiary/aromatic N) is 2. The van der Waals surface area contributed by atoms with Crippen molar-refractivity contribution in [3.05, 3.63) is 79.9 Å². The van der Waals surface area contributed by atoms with Gasteiger partial charge in [-0.3, -0.25) is 29.8 Å². The monoisotopic (exact) mass is 432 g/mol. The van der Waals surface area contributed by atoms with Gasteiger partial charge in [-0.2, -0.15) is 0 Å². The van der Waals surface area contributed by atoms with Crippen LogP contribution in [-0.2, 0) is 9.59 Å². The number of carboxylic acid groups (broad SMARTS) is 2. The number of nitro benzene ring substituents is 2. The molecule has 2 aromatic rings. The summed E-state index contributed by atoms with van der Waals surface area (Å²) >= 11 is 0. The molecule has 0 aliphatic rings. The molecule has 2 rings (SSSR count). The first-order valence-electron chi connectivity index (χ1n) is 9.43. The second-order valence-corrected chi connectivity index (χ2v) is 7.06. The van der Waals surface area contributed by atoms with E-state index in [9.17, 15) is 29.8 Å². The average molecular weight is 432 g/mol. The van der Waals surface area contributed by atoms with Crippen LogP contribution in [-0.4, -0.2) is 32.0 Å². The molecule has 0 bridgehead atoms. The highest BCUT2D eigenvalue weighted by Gasteiger charge is 2.24. The second kappa shape index (κ2) is 11.4. The number of carbonyl (C=O) groups is 2. The normalized spacial score (nSPS) is 12.3. The highest BCUT2D eigenvalue weighted by molar-refractivity contribution is 5.76. The molecule has 0 fully saturated rings. The van der Waals surface area contributed by atoms with Gasteiger partial charge in [-0.15, -0.1) is 0 Å². The molecule has 2 aromatic carbocycles. The number of hydrogen-bond donors (Lipinski definition) is 2. The molecule has 2 atom stereocenters. The fraction of sp³-hybridized carbons (Fsp3) is 0.333. The van der Waals surface area contributed by atoms with Crippen LogP contribution < -0.4 is 0 Å². The van der Waals surface area contributed by atoms with Crippen molar-refractivity contribution in [2.75, 3.05) is 0 Å². The Balaban J connectivity index is 0.000000311. The van der Waals surface area contributed by atoms with Gasteiger partial charge in [0.15, 0.2) is 0 Å². The maximum Gasteiger partial charge on any atom is 0.311 e. The van der Waals surface area contributed by atoms with Crippen LogP contribution in [0.3, 0.4) is 0 Å². The van der Waals surface area contributed by atoms with Crippen molar-refractivity contribution in [1.82, 2.24) is 0 Å². The van der Waals surface area contributed by atoms with Gasteiger partial charge in [0.2, 0.25) is 0 Å². The van der Waals surface area contributed by atoms with Gasteiger partial charge in [0.25, 0.3) is 11.4 Å². The summed E-state index contributed by atoms with van der Waals surface area (Å²) in [6.45, 7) is 5.38. The van der Waals surface area contributed by atoms with Crippen LogP contribution in [0.1, 0.15) is 50.2 Å². The fourth-order valence-corrected chi connectivity index (χ4v) is 3.00. The van der Waals surface area contributed by atoms with Crippen molar-refractivity contribution in [1.29, 1.82) is 0 Å². The predicted octanol–water partition coefficient (Wildman–Crippen LogP) is 4.59. The maximum atomic E-state index is 11.0. The number of carboxylic acids is 2. The Kier molecular flexibility index (Phi) is 9.26. The van der Waals surface area contributed by atoms with Gasteiger partial charge in [0, 0.05) is 24.3 Å². The molecule has 166 valence electrons. The molecule has 0 radical (unpaired) electrons. The summed E-state index contributed by atoms with van der Waals surface area (Å²) in [7, 11) is 0. The van der Waals surface area contributed by atoms with Crippen molar-refractivity contribution in [2.24, 2.45) is 5.92 Å². The number of benzene rings is 2. The molecule has 2 unspecified atom stereocenters. The molecular weight excluding hydrogens is 408 g/mol. The van der Waals surface area contributed by atoms with E-state index in [0.29, 0.717) is 17.5 Å². The fourth-order valence-electron chi connectivity index (χ4n) is 3.00. The van der Waals surface area contributed by atoms with Crippen LogP contribution in [0.2, 0.25) is 0 Å². The minimum Gasteiger partial charge on any atom is -0.481 e. The zero-order valence-corrected chi connectivity index (χ0v) is 17.3. The van der Waals surface area contributed by atoms with Crippen molar-refractivity contribution in [2.45, 2.75) is 39.0 Å². The lowest BCUT2D eigenvalue weighted by molar-refractivity contribution is -0.385. The third kappa shape index (κ3) is 7.18. The number of aliphatic carboxylic acids is 2. The summed E-state index contributed by atoms with van der Waals surface area (Å²) in [5.74, 6) is -3.10. The molecule has 10 nitrogen and oxygen atoms in total. The minimum atomic E-state index is -0.913. The van der Waals surface area contributed by atoms with Crippen molar-refractivity contribution in [3.63, 3.8) is 0 Å². The minimum absolute atomic E-state index is 0.0287. The van der Waals surface area contributed by atoms with E-state index in [1.165, 1.54) is 48.5 Å². The second-order valence-electron chi connectivity index (χ2n) is 7.06. The highest BCUT2D eigenvalue weighted by atomic mass is 16.6. The maximum absolute atomic E-state index is 11.0. The Morgan fingerprint density at radius 2 is 1.19 bits per heavy atom. The molecule has 31 heavy (non-hydrogen) atoms. The summed E-state index contributed by atoms with van der Waals surface area (Å²) in [6, 6.07) is 11.3. The topological polar surface area (TPSA) is 161 Å². The van der Waals surface area contributed by atoms with Crippen LogP contribution in [0.25, 0.3) is 0 Å². The molecule has 0 aliphatic heterocycles. The Hall–Kier alpha value is -3.82. The van der Waals surface area contributed by atoms with Crippen molar-refractivity contribution < 1.29 is 29.6 Å². The Morgan fingerprint density at radius 1 is 0.806 bits per heavy atom. The third-order valence-corrected chi connectivity index (χ3v) is 4.61. The Labute approximate surface area is 178 Å². The van der Waals surface area contributed by atoms with Crippen molar-refractivity contribution in [3.8, 4) is 0 Å². The van der Waals surface area contributed by atoms with E-state index in [1.54, 1.807) is 20.8 Å². The smallest absolute Gasteiger partial charge is 0.311 e. The SMILES string of the molecule is CC(C)C(C(=O)O)c1ccc([N+](=O)[O-])cc1.CCC(C(=O)O)c1ccc([N+](=O)[O-])cc1. The molecule has 0 heterocycles. The third-order valence-electron chi connectivity index (χ3n) is 4.61. The Bertz CT molecular complexity index is 923. The van der Waals surface area contributed by atoms with E-state index in [1.807, 2.05) is 0 Å². The van der Waals surface area contributed by atoms with E-state index in [-0.39, 0.29) is 17.3 Å². The lowest BCUT2D eigenvalue weighted by Gasteiger charge is -2.16. The van der Waals surface area contributed by atoms with Gasteiger partial charge in [0.1, 0.15) is 0 Å². The van der Waals surface area contributed by atoms with Gasteiger partial charge in [0.05, 0.1) is 21.7 Å². The summed E-state index contributed by atoms with van der Waals surface area (Å²) in [4.78, 5) is 41.6. The number of rotatable bonds is 8. The lowest BCUT2D eigenvalue weighted by atomic mass is 9.88. The number of non-ortho nitro benzene ring substituents is 2. The van der Waals surface area contributed by atoms with E-state index < -0.39 is 33.6 Å².